The van der Waals surface area contributed by atoms with E-state index in [1.807, 2.05) is 48.5 Å². The van der Waals surface area contributed by atoms with E-state index >= 15 is 0 Å². The summed E-state index contributed by atoms with van der Waals surface area (Å²) < 4.78 is 5.35. The highest BCUT2D eigenvalue weighted by Gasteiger charge is 2.30. The molecule has 1 unspecified atom stereocenters. The Hall–Kier alpha value is -1.06. The summed E-state index contributed by atoms with van der Waals surface area (Å²) >= 11 is 0. The molecule has 1 amide bonds. The molecular weight excluding hydrogens is 230 g/mol. The van der Waals surface area contributed by atoms with E-state index in [1.165, 1.54) is 4.90 Å². The Morgan fingerprint density at radius 3 is 2.00 bits per heavy atom. The Kier molecular flexibility index (Phi) is 6.36. The van der Waals surface area contributed by atoms with E-state index in [0.29, 0.717) is 12.3 Å². The van der Waals surface area contributed by atoms with Gasteiger partial charge in [-0.25, -0.2) is 4.79 Å². The van der Waals surface area contributed by atoms with E-state index in [-0.39, 0.29) is 6.04 Å². The number of carbonyl (C=O) groups excluding carboxylic acids is 2. The van der Waals surface area contributed by atoms with Gasteiger partial charge in [-0.3, -0.25) is 4.90 Å². The summed E-state index contributed by atoms with van der Waals surface area (Å²) in [6, 6.07) is -0.478. The van der Waals surface area contributed by atoms with Crippen LogP contribution < -0.4 is 0 Å². The summed E-state index contributed by atoms with van der Waals surface area (Å²) in [5.74, 6) is 0.351. The predicted molar refractivity (Wildman–Crippen MR) is 72.5 cm³/mol. The second kappa shape index (κ2) is 6.76. The maximum atomic E-state index is 12.1. The molecule has 0 fully saturated rings. The van der Waals surface area contributed by atoms with Crippen LogP contribution >= 0.6 is 0 Å². The average Bonchev–Trinajstić information content (AvgIpc) is 2.12. The zero-order chi connectivity index (χ0) is 14.5. The van der Waals surface area contributed by atoms with Gasteiger partial charge in [-0.15, -0.1) is 0 Å². The number of nitrogens with zero attached hydrogens (tertiary/aromatic N) is 1. The third kappa shape index (κ3) is 6.03. The molecule has 0 radical (unpaired) electrons. The van der Waals surface area contributed by atoms with Crippen molar-refractivity contribution in [2.75, 3.05) is 0 Å². The monoisotopic (exact) mass is 257 g/mol. The molecule has 0 aliphatic heterocycles. The van der Waals surface area contributed by atoms with Crippen LogP contribution in [-0.4, -0.2) is 35.0 Å². The third-order valence-corrected chi connectivity index (χ3v) is 2.39. The molecule has 1 atom stereocenters. The fourth-order valence-corrected chi connectivity index (χ4v) is 1.76. The first-order valence-electron chi connectivity index (χ1n) is 6.55. The predicted octanol–water partition coefficient (Wildman–Crippen LogP) is 3.25. The molecule has 0 spiro atoms. The van der Waals surface area contributed by atoms with E-state index in [0.717, 1.165) is 6.29 Å². The fraction of sp³-hybridized carbons (Fsp3) is 0.857. The second-order valence-corrected chi connectivity index (χ2v) is 6.31. The molecule has 0 N–H and O–H groups in total. The molecule has 4 heteroatoms. The summed E-state index contributed by atoms with van der Waals surface area (Å²) in [5.41, 5.74) is -0.546. The van der Waals surface area contributed by atoms with Crippen LogP contribution in [0.1, 0.15) is 54.9 Å². The third-order valence-electron chi connectivity index (χ3n) is 2.39. The van der Waals surface area contributed by atoms with E-state index in [9.17, 15) is 9.59 Å². The van der Waals surface area contributed by atoms with Crippen molar-refractivity contribution in [2.45, 2.75) is 72.6 Å². The topological polar surface area (TPSA) is 46.6 Å². The van der Waals surface area contributed by atoms with Crippen molar-refractivity contribution >= 4 is 12.4 Å². The number of carbonyl (C=O) groups is 2. The molecule has 0 bridgehead atoms. The number of hydrogen-bond acceptors (Lipinski definition) is 3. The van der Waals surface area contributed by atoms with Crippen molar-refractivity contribution < 1.29 is 14.3 Å². The molecule has 18 heavy (non-hydrogen) atoms. The first-order valence-corrected chi connectivity index (χ1v) is 6.55. The first-order chi connectivity index (χ1) is 8.08. The van der Waals surface area contributed by atoms with Crippen LogP contribution in [0.15, 0.2) is 0 Å². The zero-order valence-corrected chi connectivity index (χ0v) is 12.7. The summed E-state index contributed by atoms with van der Waals surface area (Å²) in [6.45, 7) is 13.3. The van der Waals surface area contributed by atoms with Gasteiger partial charge < -0.3 is 9.53 Å². The lowest BCUT2D eigenvalue weighted by atomic mass is 10.0. The lowest BCUT2D eigenvalue weighted by molar-refractivity contribution is -0.113. The largest absolute Gasteiger partial charge is 0.444 e. The quantitative estimate of drug-likeness (QED) is 0.710. The van der Waals surface area contributed by atoms with Crippen LogP contribution in [0.3, 0.4) is 0 Å². The fourth-order valence-electron chi connectivity index (χ4n) is 1.76. The minimum absolute atomic E-state index is 0.0613. The van der Waals surface area contributed by atoms with E-state index < -0.39 is 17.7 Å². The van der Waals surface area contributed by atoms with Gasteiger partial charge in [0.25, 0.3) is 0 Å². The molecule has 0 heterocycles. The summed E-state index contributed by atoms with van der Waals surface area (Å²) in [4.78, 5) is 24.9. The van der Waals surface area contributed by atoms with Gasteiger partial charge in [-0.2, -0.15) is 0 Å². The van der Waals surface area contributed by atoms with Gasteiger partial charge >= 0.3 is 6.09 Å². The van der Waals surface area contributed by atoms with Gasteiger partial charge in [0, 0.05) is 6.04 Å². The van der Waals surface area contributed by atoms with E-state index in [2.05, 4.69) is 0 Å². The normalized spacial score (nSPS) is 13.6. The molecule has 0 aromatic heterocycles. The highest BCUT2D eigenvalue weighted by atomic mass is 16.6. The Morgan fingerprint density at radius 2 is 1.72 bits per heavy atom. The van der Waals surface area contributed by atoms with Gasteiger partial charge in [0.2, 0.25) is 0 Å². The smallest absolute Gasteiger partial charge is 0.411 e. The summed E-state index contributed by atoms with van der Waals surface area (Å²) in [6.07, 6.45) is 1.07. The lowest BCUT2D eigenvalue weighted by Crippen LogP contribution is -2.48. The van der Waals surface area contributed by atoms with Crippen LogP contribution in [0.2, 0.25) is 0 Å². The van der Waals surface area contributed by atoms with Crippen molar-refractivity contribution in [2.24, 2.45) is 5.92 Å². The Bertz CT molecular complexity index is 279. The molecule has 106 valence electrons. The molecular formula is C14H27NO3. The van der Waals surface area contributed by atoms with Crippen molar-refractivity contribution in [3.8, 4) is 0 Å². The number of ether oxygens (including phenoxy) is 1. The van der Waals surface area contributed by atoms with Crippen LogP contribution in [0.5, 0.6) is 0 Å². The van der Waals surface area contributed by atoms with Crippen molar-refractivity contribution in [3.05, 3.63) is 0 Å². The molecule has 4 nitrogen and oxygen atoms in total. The van der Waals surface area contributed by atoms with Crippen molar-refractivity contribution in [1.82, 2.24) is 4.90 Å². The van der Waals surface area contributed by atoms with Gasteiger partial charge in [0.15, 0.2) is 0 Å². The lowest BCUT2D eigenvalue weighted by Gasteiger charge is -2.34. The number of rotatable bonds is 5. The van der Waals surface area contributed by atoms with Gasteiger partial charge in [-0.05, 0) is 47.0 Å². The zero-order valence-electron chi connectivity index (χ0n) is 12.7. The summed E-state index contributed by atoms with van der Waals surface area (Å²) in [5, 5.41) is 0. The molecule has 0 aromatic rings. The summed E-state index contributed by atoms with van der Waals surface area (Å²) in [7, 11) is 0. The van der Waals surface area contributed by atoms with Crippen LogP contribution in [0.4, 0.5) is 4.79 Å². The maximum Gasteiger partial charge on any atom is 0.411 e. The first kappa shape index (κ1) is 16.9. The van der Waals surface area contributed by atoms with Crippen LogP contribution in [-0.2, 0) is 9.53 Å². The molecule has 0 saturated heterocycles. The Morgan fingerprint density at radius 1 is 1.22 bits per heavy atom. The van der Waals surface area contributed by atoms with Crippen molar-refractivity contribution in [3.63, 3.8) is 0 Å². The van der Waals surface area contributed by atoms with Gasteiger partial charge in [0.1, 0.15) is 11.9 Å². The molecule has 0 aliphatic rings. The van der Waals surface area contributed by atoms with E-state index in [4.69, 9.17) is 4.74 Å². The standard InChI is InChI=1S/C14H27NO3/c1-10(2)8-12(9-16)15(11(3)4)13(17)18-14(5,6)7/h9-12H,8H2,1-7H3. The number of hydrogen-bond donors (Lipinski definition) is 0. The second-order valence-electron chi connectivity index (χ2n) is 6.31. The molecule has 0 aliphatic carbocycles. The van der Waals surface area contributed by atoms with Gasteiger partial charge in [-0.1, -0.05) is 13.8 Å². The van der Waals surface area contributed by atoms with E-state index in [1.54, 1.807) is 0 Å². The Balaban J connectivity index is 4.93. The SMILES string of the molecule is CC(C)CC(C=O)N(C(=O)OC(C)(C)C)C(C)C. The highest BCUT2D eigenvalue weighted by molar-refractivity contribution is 5.74. The van der Waals surface area contributed by atoms with Gasteiger partial charge in [0.05, 0.1) is 6.04 Å². The van der Waals surface area contributed by atoms with Crippen LogP contribution in [0, 0.1) is 5.92 Å². The Labute approximate surface area is 111 Å². The number of aldehydes is 1. The average molecular weight is 257 g/mol. The molecule has 0 saturated carbocycles. The van der Waals surface area contributed by atoms with Crippen molar-refractivity contribution in [1.29, 1.82) is 0 Å². The molecule has 0 rings (SSSR count). The maximum absolute atomic E-state index is 12.1. The van der Waals surface area contributed by atoms with Crippen LogP contribution in [0.25, 0.3) is 0 Å². The number of amides is 1. The molecule has 0 aromatic carbocycles. The minimum atomic E-state index is -0.546. The highest BCUT2D eigenvalue weighted by Crippen LogP contribution is 2.17. The minimum Gasteiger partial charge on any atom is -0.444 e.